The number of hydrogen-bond donors (Lipinski definition) is 1. The second kappa shape index (κ2) is 8.13. The van der Waals surface area contributed by atoms with Gasteiger partial charge in [0.2, 0.25) is 0 Å². The van der Waals surface area contributed by atoms with Crippen molar-refractivity contribution in [2.75, 3.05) is 39.4 Å². The molecule has 0 aromatic heterocycles. The van der Waals surface area contributed by atoms with Gasteiger partial charge in [0.05, 0.1) is 13.2 Å². The van der Waals surface area contributed by atoms with Gasteiger partial charge in [-0.25, -0.2) is 0 Å². The number of nitrogens with one attached hydrogen (secondary N) is 1. The smallest absolute Gasteiger partial charge is 0.260 e. The highest BCUT2D eigenvalue weighted by molar-refractivity contribution is 5.84. The van der Waals surface area contributed by atoms with Crippen LogP contribution in [0.2, 0.25) is 0 Å². The Labute approximate surface area is 142 Å². The van der Waals surface area contributed by atoms with Crippen LogP contribution in [0.3, 0.4) is 0 Å². The molecule has 1 atom stereocenters. The summed E-state index contributed by atoms with van der Waals surface area (Å²) in [7, 11) is 0. The lowest BCUT2D eigenvalue weighted by molar-refractivity contribution is -0.127. The van der Waals surface area contributed by atoms with E-state index < -0.39 is 6.10 Å². The van der Waals surface area contributed by atoms with E-state index in [-0.39, 0.29) is 5.91 Å². The van der Waals surface area contributed by atoms with Gasteiger partial charge in [0.25, 0.3) is 5.91 Å². The lowest BCUT2D eigenvalue weighted by Crippen LogP contribution is -2.43. The van der Waals surface area contributed by atoms with Crippen LogP contribution in [0.25, 0.3) is 10.8 Å². The van der Waals surface area contributed by atoms with Gasteiger partial charge in [-0.2, -0.15) is 0 Å². The Bertz CT molecular complexity index is 683. The topological polar surface area (TPSA) is 50.8 Å². The van der Waals surface area contributed by atoms with Crippen molar-refractivity contribution in [2.24, 2.45) is 0 Å². The molecule has 3 rings (SSSR count). The number of nitrogens with zero attached hydrogens (tertiary/aromatic N) is 1. The molecule has 1 amide bonds. The molecule has 2 aromatic rings. The molecular formula is C19H24N2O3. The average Bonchev–Trinajstić information content (AvgIpc) is 2.62. The zero-order valence-corrected chi connectivity index (χ0v) is 14.0. The number of amides is 1. The number of benzene rings is 2. The highest BCUT2D eigenvalue weighted by Gasteiger charge is 2.15. The van der Waals surface area contributed by atoms with Crippen molar-refractivity contribution >= 4 is 16.7 Å². The lowest BCUT2D eigenvalue weighted by atomic mass is 10.1. The minimum Gasteiger partial charge on any atom is -0.481 e. The molecule has 5 heteroatoms. The minimum atomic E-state index is -0.518. The summed E-state index contributed by atoms with van der Waals surface area (Å²) in [5.41, 5.74) is 0. The van der Waals surface area contributed by atoms with Gasteiger partial charge < -0.3 is 14.8 Å². The third-order valence-electron chi connectivity index (χ3n) is 4.23. The fourth-order valence-electron chi connectivity index (χ4n) is 2.80. The van der Waals surface area contributed by atoms with Crippen LogP contribution in [0, 0.1) is 0 Å². The van der Waals surface area contributed by atoms with Crippen molar-refractivity contribution in [3.05, 3.63) is 42.5 Å². The van der Waals surface area contributed by atoms with Crippen LogP contribution >= 0.6 is 0 Å². The third kappa shape index (κ3) is 4.46. The minimum absolute atomic E-state index is 0.0866. The molecule has 0 bridgehead atoms. The van der Waals surface area contributed by atoms with E-state index in [1.54, 1.807) is 6.92 Å². The number of ether oxygens (including phenoxy) is 2. The summed E-state index contributed by atoms with van der Waals surface area (Å²) in [6.45, 7) is 6.66. The first-order valence-corrected chi connectivity index (χ1v) is 8.45. The van der Waals surface area contributed by atoms with E-state index in [9.17, 15) is 4.79 Å². The highest BCUT2D eigenvalue weighted by atomic mass is 16.5. The molecule has 0 unspecified atom stereocenters. The molecule has 1 aliphatic heterocycles. The van der Waals surface area contributed by atoms with Gasteiger partial charge in [-0.15, -0.1) is 0 Å². The van der Waals surface area contributed by atoms with Gasteiger partial charge in [-0.05, 0) is 29.8 Å². The summed E-state index contributed by atoms with van der Waals surface area (Å²) < 4.78 is 11.1. The van der Waals surface area contributed by atoms with Gasteiger partial charge in [-0.1, -0.05) is 30.3 Å². The Morgan fingerprint density at radius 1 is 1.21 bits per heavy atom. The summed E-state index contributed by atoms with van der Waals surface area (Å²) in [5.74, 6) is 0.626. The van der Waals surface area contributed by atoms with Crippen LogP contribution < -0.4 is 10.1 Å². The van der Waals surface area contributed by atoms with Crippen LogP contribution in [0.4, 0.5) is 0 Å². The lowest BCUT2D eigenvalue weighted by Gasteiger charge is -2.26. The molecule has 128 valence electrons. The fraction of sp³-hybridized carbons (Fsp3) is 0.421. The quantitative estimate of drug-likeness (QED) is 0.882. The number of carbonyl (C=O) groups is 1. The summed E-state index contributed by atoms with van der Waals surface area (Å²) in [5, 5.41) is 5.21. The zero-order chi connectivity index (χ0) is 16.8. The molecule has 0 spiro atoms. The van der Waals surface area contributed by atoms with E-state index in [1.165, 1.54) is 0 Å². The third-order valence-corrected chi connectivity index (χ3v) is 4.23. The Balaban J connectivity index is 1.47. The molecule has 1 heterocycles. The number of hydrogen-bond acceptors (Lipinski definition) is 4. The number of rotatable bonds is 6. The van der Waals surface area contributed by atoms with Crippen LogP contribution in [0.5, 0.6) is 5.75 Å². The normalized spacial score (nSPS) is 16.7. The molecule has 0 radical (unpaired) electrons. The predicted octanol–water partition coefficient (Wildman–Crippen LogP) is 2.06. The zero-order valence-electron chi connectivity index (χ0n) is 14.0. The van der Waals surface area contributed by atoms with Crippen molar-refractivity contribution in [1.29, 1.82) is 0 Å². The molecule has 1 N–H and O–H groups in total. The van der Waals surface area contributed by atoms with Crippen LogP contribution in [0.15, 0.2) is 42.5 Å². The van der Waals surface area contributed by atoms with E-state index in [4.69, 9.17) is 9.47 Å². The number of fused-ring (bicyclic) bond motifs is 1. The van der Waals surface area contributed by atoms with Gasteiger partial charge >= 0.3 is 0 Å². The van der Waals surface area contributed by atoms with Crippen molar-refractivity contribution in [3.8, 4) is 5.75 Å². The maximum atomic E-state index is 12.2. The largest absolute Gasteiger partial charge is 0.481 e. The summed E-state index contributed by atoms with van der Waals surface area (Å²) in [4.78, 5) is 14.5. The molecule has 0 saturated carbocycles. The number of morpholine rings is 1. The molecular weight excluding hydrogens is 304 g/mol. The number of carbonyl (C=O) groups excluding carboxylic acids is 1. The monoisotopic (exact) mass is 328 g/mol. The SMILES string of the molecule is C[C@@H](Oc1ccc2ccccc2c1)C(=O)NCCN1CCOCC1. The van der Waals surface area contributed by atoms with Crippen molar-refractivity contribution in [3.63, 3.8) is 0 Å². The maximum Gasteiger partial charge on any atom is 0.260 e. The fourth-order valence-corrected chi connectivity index (χ4v) is 2.80. The molecule has 1 aliphatic rings. The second-order valence-electron chi connectivity index (χ2n) is 6.01. The summed E-state index contributed by atoms with van der Waals surface area (Å²) in [6.07, 6.45) is -0.518. The molecule has 5 nitrogen and oxygen atoms in total. The standard InChI is InChI=1S/C19H24N2O3/c1-15(19(22)20-8-9-21-10-12-23-13-11-21)24-18-7-6-16-4-2-3-5-17(16)14-18/h2-7,14-15H,8-13H2,1H3,(H,20,22)/t15-/m1/s1. The van der Waals surface area contributed by atoms with Crippen LogP contribution in [0.1, 0.15) is 6.92 Å². The Kier molecular flexibility index (Phi) is 5.67. The van der Waals surface area contributed by atoms with Gasteiger partial charge in [0, 0.05) is 26.2 Å². The Hall–Kier alpha value is -2.11. The van der Waals surface area contributed by atoms with Gasteiger partial charge in [0.1, 0.15) is 5.75 Å². The Morgan fingerprint density at radius 2 is 1.96 bits per heavy atom. The molecule has 0 aliphatic carbocycles. The molecule has 1 saturated heterocycles. The summed E-state index contributed by atoms with van der Waals surface area (Å²) in [6, 6.07) is 14.0. The van der Waals surface area contributed by atoms with E-state index in [2.05, 4.69) is 16.3 Å². The summed E-state index contributed by atoms with van der Waals surface area (Å²) >= 11 is 0. The average molecular weight is 328 g/mol. The second-order valence-corrected chi connectivity index (χ2v) is 6.01. The van der Waals surface area contributed by atoms with E-state index in [0.717, 1.165) is 43.6 Å². The maximum absolute atomic E-state index is 12.2. The first-order chi connectivity index (χ1) is 11.7. The van der Waals surface area contributed by atoms with E-state index in [1.807, 2.05) is 36.4 Å². The van der Waals surface area contributed by atoms with E-state index in [0.29, 0.717) is 12.3 Å². The van der Waals surface area contributed by atoms with Crippen molar-refractivity contribution in [1.82, 2.24) is 10.2 Å². The van der Waals surface area contributed by atoms with Gasteiger partial charge in [0.15, 0.2) is 6.10 Å². The first kappa shape index (κ1) is 16.7. The molecule has 24 heavy (non-hydrogen) atoms. The van der Waals surface area contributed by atoms with Crippen LogP contribution in [-0.2, 0) is 9.53 Å². The Morgan fingerprint density at radius 3 is 2.75 bits per heavy atom. The van der Waals surface area contributed by atoms with Crippen LogP contribution in [-0.4, -0.2) is 56.3 Å². The highest BCUT2D eigenvalue weighted by Crippen LogP contribution is 2.21. The first-order valence-electron chi connectivity index (χ1n) is 8.45. The van der Waals surface area contributed by atoms with Crippen molar-refractivity contribution < 1.29 is 14.3 Å². The van der Waals surface area contributed by atoms with Gasteiger partial charge in [-0.3, -0.25) is 9.69 Å². The molecule has 1 fully saturated rings. The van der Waals surface area contributed by atoms with Crippen molar-refractivity contribution in [2.45, 2.75) is 13.0 Å². The van der Waals surface area contributed by atoms with E-state index >= 15 is 0 Å². The molecule has 2 aromatic carbocycles. The predicted molar refractivity (Wildman–Crippen MR) is 94.3 cm³/mol.